The first kappa shape index (κ1) is 25.4. The van der Waals surface area contributed by atoms with Gasteiger partial charge in [-0.05, 0) is 62.6 Å². The second-order valence-corrected chi connectivity index (χ2v) is 9.20. The Morgan fingerprint density at radius 2 is 1.81 bits per heavy atom. The van der Waals surface area contributed by atoms with E-state index in [-0.39, 0.29) is 12.0 Å². The Labute approximate surface area is 212 Å². The number of hydrogen-bond acceptors (Lipinski definition) is 6. The van der Waals surface area contributed by atoms with Crippen molar-refractivity contribution in [3.63, 3.8) is 0 Å². The number of likely N-dealkylation sites (tertiary alicyclic amines) is 1. The van der Waals surface area contributed by atoms with Crippen LogP contribution in [0.3, 0.4) is 0 Å². The first-order valence-electron chi connectivity index (χ1n) is 12.3. The number of piperidine rings is 1. The van der Waals surface area contributed by atoms with E-state index in [1.807, 2.05) is 49.1 Å². The molecule has 7 nitrogen and oxygen atoms in total. The van der Waals surface area contributed by atoms with Gasteiger partial charge in [-0.15, -0.1) is 0 Å². The minimum absolute atomic E-state index is 0.00164. The molecule has 0 bridgehead atoms. The van der Waals surface area contributed by atoms with Gasteiger partial charge in [0.25, 0.3) is 0 Å². The zero-order chi connectivity index (χ0) is 25.7. The number of carbonyl (C=O) groups is 1. The van der Waals surface area contributed by atoms with Crippen LogP contribution in [0.5, 0.6) is 17.2 Å². The van der Waals surface area contributed by atoms with Gasteiger partial charge in [0.1, 0.15) is 24.2 Å². The molecule has 0 aliphatic carbocycles. The lowest BCUT2D eigenvalue weighted by atomic mass is 10.1. The normalized spacial score (nSPS) is 14.3. The van der Waals surface area contributed by atoms with E-state index in [1.54, 1.807) is 13.2 Å². The van der Waals surface area contributed by atoms with Crippen molar-refractivity contribution in [2.24, 2.45) is 0 Å². The lowest BCUT2D eigenvalue weighted by Gasteiger charge is -2.32. The van der Waals surface area contributed by atoms with E-state index in [4.69, 9.17) is 18.7 Å². The van der Waals surface area contributed by atoms with Crippen molar-refractivity contribution in [1.82, 2.24) is 10.1 Å². The molecule has 1 aliphatic rings. The van der Waals surface area contributed by atoms with Crippen molar-refractivity contribution in [2.45, 2.75) is 53.2 Å². The average molecular weight is 491 g/mol. The Kier molecular flexibility index (Phi) is 7.98. The number of carbonyl (C=O) groups excluding carboxylic acids is 1. The predicted octanol–water partition coefficient (Wildman–Crippen LogP) is 5.58. The highest BCUT2D eigenvalue weighted by Crippen LogP contribution is 2.30. The highest BCUT2D eigenvalue weighted by Gasteiger charge is 2.23. The Hall–Kier alpha value is -3.74. The minimum Gasteiger partial charge on any atom is -0.493 e. The molecule has 0 unspecified atom stereocenters. The molecule has 190 valence electrons. The van der Waals surface area contributed by atoms with Gasteiger partial charge in [0.05, 0.1) is 18.4 Å². The smallest absolute Gasteiger partial charge is 0.246 e. The third-order valence-electron chi connectivity index (χ3n) is 6.61. The van der Waals surface area contributed by atoms with Gasteiger partial charge < -0.3 is 23.6 Å². The number of aromatic nitrogens is 1. The summed E-state index contributed by atoms with van der Waals surface area (Å²) in [6.45, 7) is 9.58. The van der Waals surface area contributed by atoms with E-state index in [2.05, 4.69) is 31.1 Å². The third kappa shape index (κ3) is 5.90. The monoisotopic (exact) mass is 490 g/mol. The van der Waals surface area contributed by atoms with Gasteiger partial charge in [0.15, 0.2) is 11.5 Å². The van der Waals surface area contributed by atoms with Gasteiger partial charge in [-0.25, -0.2) is 0 Å². The van der Waals surface area contributed by atoms with Crippen LogP contribution >= 0.6 is 0 Å². The largest absolute Gasteiger partial charge is 0.493 e. The summed E-state index contributed by atoms with van der Waals surface area (Å²) in [5, 5.41) is 3.96. The second kappa shape index (κ2) is 11.3. The second-order valence-electron chi connectivity index (χ2n) is 9.20. The van der Waals surface area contributed by atoms with E-state index in [0.29, 0.717) is 31.2 Å². The van der Waals surface area contributed by atoms with Crippen molar-refractivity contribution in [3.05, 3.63) is 76.2 Å². The van der Waals surface area contributed by atoms with E-state index in [1.165, 1.54) is 0 Å². The van der Waals surface area contributed by atoms with Crippen LogP contribution in [-0.2, 0) is 11.4 Å². The average Bonchev–Trinajstić information content (AvgIpc) is 3.21. The van der Waals surface area contributed by atoms with Crippen LogP contribution in [0.25, 0.3) is 6.08 Å². The van der Waals surface area contributed by atoms with Crippen LogP contribution in [0.15, 0.2) is 47.0 Å². The van der Waals surface area contributed by atoms with E-state index in [0.717, 1.165) is 52.3 Å². The summed E-state index contributed by atoms with van der Waals surface area (Å²) in [5.41, 5.74) is 4.89. The van der Waals surface area contributed by atoms with Crippen LogP contribution in [0.1, 0.15) is 46.5 Å². The zero-order valence-electron chi connectivity index (χ0n) is 21.7. The Morgan fingerprint density at radius 3 is 2.44 bits per heavy atom. The minimum atomic E-state index is -0.00164. The van der Waals surface area contributed by atoms with E-state index < -0.39 is 0 Å². The van der Waals surface area contributed by atoms with Crippen molar-refractivity contribution < 1.29 is 23.5 Å². The molecule has 4 rings (SSSR count). The highest BCUT2D eigenvalue weighted by molar-refractivity contribution is 5.92. The number of rotatable bonds is 8. The number of methoxy groups -OCH3 is 1. The molecule has 0 spiro atoms. The topological polar surface area (TPSA) is 74.0 Å². The number of aryl methyl sites for hydroxylation is 4. The van der Waals surface area contributed by atoms with Crippen molar-refractivity contribution >= 4 is 12.0 Å². The molecule has 0 atom stereocenters. The fraction of sp³-hybridized carbons (Fsp3) is 0.379. The Bertz CT molecular complexity index is 1200. The van der Waals surface area contributed by atoms with Gasteiger partial charge in [0.2, 0.25) is 5.91 Å². The molecule has 36 heavy (non-hydrogen) atoms. The molecule has 2 heterocycles. The summed E-state index contributed by atoms with van der Waals surface area (Å²) >= 11 is 0. The molecule has 1 fully saturated rings. The van der Waals surface area contributed by atoms with Crippen molar-refractivity contribution in [2.75, 3.05) is 20.2 Å². The van der Waals surface area contributed by atoms with Crippen LogP contribution in [0.2, 0.25) is 0 Å². The number of amides is 1. The number of hydrogen-bond donors (Lipinski definition) is 0. The fourth-order valence-corrected chi connectivity index (χ4v) is 4.38. The van der Waals surface area contributed by atoms with Crippen molar-refractivity contribution in [1.29, 1.82) is 0 Å². The van der Waals surface area contributed by atoms with Crippen LogP contribution in [0.4, 0.5) is 0 Å². The predicted molar refractivity (Wildman–Crippen MR) is 138 cm³/mol. The van der Waals surface area contributed by atoms with Gasteiger partial charge >= 0.3 is 0 Å². The van der Waals surface area contributed by atoms with Gasteiger partial charge in [-0.2, -0.15) is 0 Å². The summed E-state index contributed by atoms with van der Waals surface area (Å²) in [4.78, 5) is 14.7. The molecule has 1 aromatic heterocycles. The molecule has 7 heteroatoms. The summed E-state index contributed by atoms with van der Waals surface area (Å²) in [6.07, 6.45) is 5.19. The molecular weight excluding hydrogens is 456 g/mol. The van der Waals surface area contributed by atoms with Crippen LogP contribution < -0.4 is 14.2 Å². The summed E-state index contributed by atoms with van der Waals surface area (Å²) < 4.78 is 22.9. The van der Waals surface area contributed by atoms with E-state index in [9.17, 15) is 4.79 Å². The first-order valence-corrected chi connectivity index (χ1v) is 12.3. The summed E-state index contributed by atoms with van der Waals surface area (Å²) in [7, 11) is 1.60. The molecule has 0 saturated carbocycles. The summed E-state index contributed by atoms with van der Waals surface area (Å²) in [5.74, 6) is 2.92. The van der Waals surface area contributed by atoms with Gasteiger partial charge in [0, 0.05) is 32.0 Å². The standard InChI is InChI=1S/C29H34N2O5/c1-19-7-6-8-20(2)29(19)35-24-13-15-31(16-14-24)28(32)12-10-23-9-11-26(27(17-23)33-5)34-18-25-21(3)30-36-22(25)4/h6-12,17,24H,13-16,18H2,1-5H3/b12-10+. The maximum absolute atomic E-state index is 12.8. The quantitative estimate of drug-likeness (QED) is 0.384. The molecule has 1 amide bonds. The number of nitrogens with zero attached hydrogens (tertiary/aromatic N) is 2. The highest BCUT2D eigenvalue weighted by atomic mass is 16.5. The lowest BCUT2D eigenvalue weighted by molar-refractivity contribution is -0.127. The molecule has 0 N–H and O–H groups in total. The zero-order valence-corrected chi connectivity index (χ0v) is 21.7. The number of ether oxygens (including phenoxy) is 3. The maximum atomic E-state index is 12.8. The molecule has 0 radical (unpaired) electrons. The van der Waals surface area contributed by atoms with Gasteiger partial charge in [-0.1, -0.05) is 29.4 Å². The van der Waals surface area contributed by atoms with E-state index >= 15 is 0 Å². The molecular formula is C29H34N2O5. The molecule has 1 aliphatic heterocycles. The third-order valence-corrected chi connectivity index (χ3v) is 6.61. The SMILES string of the molecule is COc1cc(/C=C/C(=O)N2CCC(Oc3c(C)cccc3C)CC2)ccc1OCc1c(C)noc1C. The van der Waals surface area contributed by atoms with Gasteiger partial charge in [-0.3, -0.25) is 4.79 Å². The number of benzene rings is 2. The molecule has 3 aromatic rings. The van der Waals surface area contributed by atoms with Crippen LogP contribution in [-0.4, -0.2) is 42.3 Å². The Morgan fingerprint density at radius 1 is 1.08 bits per heavy atom. The summed E-state index contributed by atoms with van der Waals surface area (Å²) in [6, 6.07) is 11.8. The van der Waals surface area contributed by atoms with Crippen molar-refractivity contribution in [3.8, 4) is 17.2 Å². The maximum Gasteiger partial charge on any atom is 0.246 e. The van der Waals surface area contributed by atoms with Crippen LogP contribution in [0, 0.1) is 27.7 Å². The Balaban J connectivity index is 1.32. The number of para-hydroxylation sites is 1. The fourth-order valence-electron chi connectivity index (χ4n) is 4.38. The molecule has 2 aromatic carbocycles. The lowest BCUT2D eigenvalue weighted by Crippen LogP contribution is -2.41. The molecule has 1 saturated heterocycles. The first-order chi connectivity index (χ1) is 17.4.